The van der Waals surface area contributed by atoms with Gasteiger partial charge in [-0.15, -0.1) is 0 Å². The molecule has 2 aromatic heterocycles. The highest BCUT2D eigenvalue weighted by molar-refractivity contribution is 9.10. The van der Waals surface area contributed by atoms with Crippen LogP contribution in [0.4, 0.5) is 0 Å². The Bertz CT molecular complexity index is 860. The molecular weight excluding hydrogens is 390 g/mol. The smallest absolute Gasteiger partial charge is 0.287 e. The Morgan fingerprint density at radius 2 is 2.12 bits per heavy atom. The van der Waals surface area contributed by atoms with Gasteiger partial charge < -0.3 is 14.5 Å². The molecule has 4 rings (SSSR count). The fraction of sp³-hybridized carbons (Fsp3) is 0.471. The first kappa shape index (κ1) is 16.5. The van der Waals surface area contributed by atoms with Crippen LogP contribution in [0.15, 0.2) is 32.1 Å². The average Bonchev–Trinajstić information content (AvgIpc) is 3.23. The van der Waals surface area contributed by atoms with Gasteiger partial charge in [-0.25, -0.2) is 4.68 Å². The molecule has 1 saturated heterocycles. The maximum absolute atomic E-state index is 12.5. The SMILES string of the molecule is O=C(NC1COCC1n1nc2c(cc1=O)CCCC2)c1ccc(Br)o1. The zero-order chi connectivity index (χ0) is 17.4. The Balaban J connectivity index is 1.57. The Morgan fingerprint density at radius 1 is 1.28 bits per heavy atom. The van der Waals surface area contributed by atoms with Crippen LogP contribution in [0.3, 0.4) is 0 Å². The van der Waals surface area contributed by atoms with E-state index in [1.165, 1.54) is 4.68 Å². The van der Waals surface area contributed by atoms with E-state index in [9.17, 15) is 9.59 Å². The summed E-state index contributed by atoms with van der Waals surface area (Å²) >= 11 is 3.18. The maximum Gasteiger partial charge on any atom is 0.287 e. The predicted octanol–water partition coefficient (Wildman–Crippen LogP) is 1.85. The van der Waals surface area contributed by atoms with Crippen LogP contribution in [0.2, 0.25) is 0 Å². The van der Waals surface area contributed by atoms with Crippen molar-refractivity contribution in [3.05, 3.63) is 50.2 Å². The summed E-state index contributed by atoms with van der Waals surface area (Å²) in [6.07, 6.45) is 3.99. The maximum atomic E-state index is 12.5. The number of nitrogens with one attached hydrogen (secondary N) is 1. The van der Waals surface area contributed by atoms with Crippen LogP contribution in [0.1, 0.15) is 40.7 Å². The lowest BCUT2D eigenvalue weighted by Crippen LogP contribution is -2.44. The molecule has 25 heavy (non-hydrogen) atoms. The predicted molar refractivity (Wildman–Crippen MR) is 92.7 cm³/mol. The second-order valence-electron chi connectivity index (χ2n) is 6.39. The first-order chi connectivity index (χ1) is 12.1. The van der Waals surface area contributed by atoms with Gasteiger partial charge in [0.1, 0.15) is 6.04 Å². The number of aromatic nitrogens is 2. The molecule has 2 unspecified atom stereocenters. The van der Waals surface area contributed by atoms with Crippen molar-refractivity contribution in [2.75, 3.05) is 13.2 Å². The molecule has 0 aromatic carbocycles. The summed E-state index contributed by atoms with van der Waals surface area (Å²) < 4.78 is 12.7. The lowest BCUT2D eigenvalue weighted by molar-refractivity contribution is 0.0895. The third-order valence-corrected chi connectivity index (χ3v) is 5.14. The summed E-state index contributed by atoms with van der Waals surface area (Å²) in [6, 6.07) is 4.29. The standard InChI is InChI=1S/C17H18BrN3O4/c18-15-6-5-14(25-15)17(23)19-12-8-24-9-13(12)21-16(22)7-10-3-1-2-4-11(10)20-21/h5-7,12-13H,1-4,8-9H2,(H,19,23). The number of aryl methyl sites for hydroxylation is 2. The van der Waals surface area contributed by atoms with E-state index < -0.39 is 0 Å². The third kappa shape index (κ3) is 3.28. The molecule has 2 aromatic rings. The second kappa shape index (κ2) is 6.76. The molecule has 0 spiro atoms. The highest BCUT2D eigenvalue weighted by atomic mass is 79.9. The minimum absolute atomic E-state index is 0.142. The molecule has 1 N–H and O–H groups in total. The molecule has 2 aliphatic rings. The molecule has 7 nitrogen and oxygen atoms in total. The number of fused-ring (bicyclic) bond motifs is 1. The number of furan rings is 1. The fourth-order valence-electron chi connectivity index (χ4n) is 3.41. The number of carbonyl (C=O) groups excluding carboxylic acids is 1. The topological polar surface area (TPSA) is 86.4 Å². The summed E-state index contributed by atoms with van der Waals surface area (Å²) in [7, 11) is 0. The number of nitrogens with zero attached hydrogens (tertiary/aromatic N) is 2. The van der Waals surface area contributed by atoms with E-state index in [4.69, 9.17) is 9.15 Å². The number of amides is 1. The molecule has 0 saturated carbocycles. The van der Waals surface area contributed by atoms with E-state index in [1.807, 2.05) is 0 Å². The van der Waals surface area contributed by atoms with Gasteiger partial charge in [-0.2, -0.15) is 5.10 Å². The molecule has 1 aliphatic carbocycles. The molecule has 2 atom stereocenters. The van der Waals surface area contributed by atoms with Crippen molar-refractivity contribution in [1.29, 1.82) is 0 Å². The van der Waals surface area contributed by atoms with Crippen molar-refractivity contribution in [2.45, 2.75) is 37.8 Å². The van der Waals surface area contributed by atoms with Crippen molar-refractivity contribution < 1.29 is 13.9 Å². The van der Waals surface area contributed by atoms with Crippen LogP contribution in [0, 0.1) is 0 Å². The lowest BCUT2D eigenvalue weighted by atomic mass is 9.97. The Morgan fingerprint density at radius 3 is 2.92 bits per heavy atom. The van der Waals surface area contributed by atoms with Crippen molar-refractivity contribution in [3.8, 4) is 0 Å². The van der Waals surface area contributed by atoms with Gasteiger partial charge in [0.2, 0.25) is 0 Å². The fourth-order valence-corrected chi connectivity index (χ4v) is 3.72. The molecule has 0 bridgehead atoms. The minimum Gasteiger partial charge on any atom is -0.444 e. The first-order valence-electron chi connectivity index (χ1n) is 8.37. The highest BCUT2D eigenvalue weighted by Crippen LogP contribution is 2.22. The van der Waals surface area contributed by atoms with Gasteiger partial charge in [-0.3, -0.25) is 9.59 Å². The van der Waals surface area contributed by atoms with Gasteiger partial charge in [-0.05, 0) is 59.3 Å². The van der Waals surface area contributed by atoms with Crippen molar-refractivity contribution in [1.82, 2.24) is 15.1 Å². The molecule has 3 heterocycles. The molecule has 8 heteroatoms. The van der Waals surface area contributed by atoms with E-state index in [0.717, 1.165) is 36.9 Å². The number of carbonyl (C=O) groups is 1. The summed E-state index contributed by atoms with van der Waals surface area (Å²) in [6.45, 7) is 0.683. The minimum atomic E-state index is -0.336. The second-order valence-corrected chi connectivity index (χ2v) is 7.18. The van der Waals surface area contributed by atoms with Crippen LogP contribution < -0.4 is 10.9 Å². The molecule has 1 aliphatic heterocycles. The Labute approximate surface area is 152 Å². The van der Waals surface area contributed by atoms with Gasteiger partial charge in [-0.1, -0.05) is 0 Å². The quantitative estimate of drug-likeness (QED) is 0.838. The van der Waals surface area contributed by atoms with E-state index in [-0.39, 0.29) is 29.3 Å². The van der Waals surface area contributed by atoms with E-state index in [0.29, 0.717) is 17.9 Å². The monoisotopic (exact) mass is 407 g/mol. The number of hydrogen-bond donors (Lipinski definition) is 1. The van der Waals surface area contributed by atoms with Crippen LogP contribution in [-0.4, -0.2) is 34.9 Å². The number of halogens is 1. The van der Waals surface area contributed by atoms with Crippen LogP contribution >= 0.6 is 15.9 Å². The van der Waals surface area contributed by atoms with Gasteiger partial charge in [0.25, 0.3) is 11.5 Å². The largest absolute Gasteiger partial charge is 0.444 e. The molecular formula is C17H18BrN3O4. The summed E-state index contributed by atoms with van der Waals surface area (Å²) in [5, 5.41) is 7.46. The summed E-state index contributed by atoms with van der Waals surface area (Å²) in [5.74, 6) is -0.125. The van der Waals surface area contributed by atoms with Crippen LogP contribution in [-0.2, 0) is 17.6 Å². The van der Waals surface area contributed by atoms with Crippen LogP contribution in [0.5, 0.6) is 0 Å². The first-order valence-corrected chi connectivity index (χ1v) is 9.16. The van der Waals surface area contributed by atoms with Crippen LogP contribution in [0.25, 0.3) is 0 Å². The Kier molecular flexibility index (Phi) is 4.47. The molecule has 1 amide bonds. The summed E-state index contributed by atoms with van der Waals surface area (Å²) in [4.78, 5) is 24.8. The highest BCUT2D eigenvalue weighted by Gasteiger charge is 2.34. The number of ether oxygens (including phenoxy) is 1. The van der Waals surface area contributed by atoms with Crippen molar-refractivity contribution in [3.63, 3.8) is 0 Å². The van der Waals surface area contributed by atoms with E-state index >= 15 is 0 Å². The van der Waals surface area contributed by atoms with E-state index in [2.05, 4.69) is 26.3 Å². The molecule has 1 fully saturated rings. The van der Waals surface area contributed by atoms with Gasteiger partial charge in [0.05, 0.1) is 24.9 Å². The normalized spacial score (nSPS) is 22.6. The lowest BCUT2D eigenvalue weighted by Gasteiger charge is -2.22. The molecule has 0 radical (unpaired) electrons. The number of hydrogen-bond acceptors (Lipinski definition) is 5. The zero-order valence-electron chi connectivity index (χ0n) is 13.5. The van der Waals surface area contributed by atoms with Crippen molar-refractivity contribution >= 4 is 21.8 Å². The molecule has 132 valence electrons. The summed E-state index contributed by atoms with van der Waals surface area (Å²) in [5.41, 5.74) is 1.89. The average molecular weight is 408 g/mol. The number of rotatable bonds is 3. The zero-order valence-corrected chi connectivity index (χ0v) is 15.1. The van der Waals surface area contributed by atoms with Gasteiger partial charge in [0, 0.05) is 6.07 Å². The van der Waals surface area contributed by atoms with Gasteiger partial charge in [0.15, 0.2) is 10.4 Å². The van der Waals surface area contributed by atoms with E-state index in [1.54, 1.807) is 18.2 Å². The third-order valence-electron chi connectivity index (χ3n) is 4.71. The van der Waals surface area contributed by atoms with Crippen molar-refractivity contribution in [2.24, 2.45) is 0 Å². The van der Waals surface area contributed by atoms with Gasteiger partial charge >= 0.3 is 0 Å². The Hall–Kier alpha value is -1.93.